The van der Waals surface area contributed by atoms with E-state index in [1.165, 1.54) is 5.56 Å². The van der Waals surface area contributed by atoms with Crippen LogP contribution in [0.25, 0.3) is 0 Å². The summed E-state index contributed by atoms with van der Waals surface area (Å²) in [4.78, 5) is 30.6. The Hall–Kier alpha value is -3.29. The van der Waals surface area contributed by atoms with Gasteiger partial charge in [0.1, 0.15) is 17.9 Å². The number of nitrogens with two attached hydrogens (primary N) is 1. The Morgan fingerprint density at radius 2 is 1.94 bits per heavy atom. The average Bonchev–Trinajstić information content (AvgIpc) is 2.84. The smallest absolute Gasteiger partial charge is 0.243 e. The summed E-state index contributed by atoms with van der Waals surface area (Å²) in [6.45, 7) is 2.10. The third-order valence-electron chi connectivity index (χ3n) is 6.09. The van der Waals surface area contributed by atoms with Gasteiger partial charge >= 0.3 is 0 Å². The maximum absolute atomic E-state index is 13.2. The van der Waals surface area contributed by atoms with Gasteiger partial charge in [0.2, 0.25) is 11.8 Å². The van der Waals surface area contributed by atoms with Crippen molar-refractivity contribution < 1.29 is 9.59 Å². The highest BCUT2D eigenvalue weighted by atomic mass is 35.5. The van der Waals surface area contributed by atoms with Crippen LogP contribution in [0, 0.1) is 6.92 Å². The van der Waals surface area contributed by atoms with Gasteiger partial charge in [-0.3, -0.25) is 9.59 Å². The van der Waals surface area contributed by atoms with Crippen LogP contribution >= 0.6 is 23.2 Å². The molecule has 0 aliphatic carbocycles. The fourth-order valence-corrected chi connectivity index (χ4v) is 4.44. The number of nitrogen functional groups attached to an aromatic ring is 1. The van der Waals surface area contributed by atoms with E-state index in [4.69, 9.17) is 28.9 Å². The maximum Gasteiger partial charge on any atom is 0.243 e. The Bertz CT molecular complexity index is 1250. The molecule has 0 radical (unpaired) electrons. The van der Waals surface area contributed by atoms with E-state index >= 15 is 0 Å². The van der Waals surface area contributed by atoms with Gasteiger partial charge in [-0.15, -0.1) is 0 Å². The van der Waals surface area contributed by atoms with Crippen molar-refractivity contribution >= 4 is 46.5 Å². The Morgan fingerprint density at radius 3 is 2.71 bits per heavy atom. The first-order valence-electron chi connectivity index (χ1n) is 11.4. The lowest BCUT2D eigenvalue weighted by Crippen LogP contribution is -2.52. The summed E-state index contributed by atoms with van der Waals surface area (Å²) in [7, 11) is 0. The molecule has 0 unspecified atom stereocenters. The molecule has 1 aromatic heterocycles. The molecule has 2 aromatic carbocycles. The van der Waals surface area contributed by atoms with Gasteiger partial charge in [0.05, 0.1) is 10.0 Å². The van der Waals surface area contributed by atoms with Crippen molar-refractivity contribution in [1.82, 2.24) is 15.6 Å². The zero-order valence-corrected chi connectivity index (χ0v) is 20.8. The summed E-state index contributed by atoms with van der Waals surface area (Å²) < 4.78 is 0. The molecule has 9 heteroatoms. The van der Waals surface area contributed by atoms with E-state index in [0.717, 1.165) is 28.9 Å². The molecular formula is C26H27Cl2N5O2. The number of benzene rings is 2. The molecule has 35 heavy (non-hydrogen) atoms. The van der Waals surface area contributed by atoms with E-state index in [2.05, 4.69) is 20.9 Å². The Kier molecular flexibility index (Phi) is 7.78. The fourth-order valence-electron chi connectivity index (χ4n) is 4.12. The number of para-hydroxylation sites is 1. The van der Waals surface area contributed by atoms with Crippen LogP contribution < -0.4 is 21.7 Å². The third-order valence-corrected chi connectivity index (χ3v) is 6.83. The highest BCUT2D eigenvalue weighted by molar-refractivity contribution is 6.42. The SMILES string of the molecule is Cc1nc(N)ccc1CNC(=O)[C@@H](Cc1ccc(Cl)c(Cl)c1)NC(=O)[C@@H]1CCc2ccccc2N1. The van der Waals surface area contributed by atoms with Gasteiger partial charge in [-0.2, -0.15) is 0 Å². The predicted molar refractivity (Wildman–Crippen MR) is 140 cm³/mol. The number of halogens is 2. The number of aryl methyl sites for hydroxylation is 2. The summed E-state index contributed by atoms with van der Waals surface area (Å²) in [6.07, 6.45) is 1.69. The molecule has 182 valence electrons. The monoisotopic (exact) mass is 511 g/mol. The van der Waals surface area contributed by atoms with Crippen LogP contribution in [0.1, 0.15) is 28.8 Å². The zero-order valence-electron chi connectivity index (χ0n) is 19.3. The lowest BCUT2D eigenvalue weighted by molar-refractivity contribution is -0.129. The standard InChI is InChI=1S/C26H27Cl2N5O2/c1-15-18(8-11-24(29)31-15)14-30-25(34)23(13-16-6-9-19(27)20(28)12-16)33-26(35)22-10-7-17-4-2-3-5-21(17)32-22/h2-6,8-9,11-12,22-23,32H,7,10,13-14H2,1H3,(H2,29,31)(H,30,34)(H,33,35)/t22-,23+/m0/s1. The highest BCUT2D eigenvalue weighted by Crippen LogP contribution is 2.25. The predicted octanol–water partition coefficient (Wildman–Crippen LogP) is 4.05. The number of anilines is 2. The maximum atomic E-state index is 13.2. The van der Waals surface area contributed by atoms with Crippen molar-refractivity contribution in [3.63, 3.8) is 0 Å². The molecule has 1 aliphatic heterocycles. The van der Waals surface area contributed by atoms with Crippen LogP contribution in [-0.2, 0) is 29.0 Å². The summed E-state index contributed by atoms with van der Waals surface area (Å²) in [5.41, 5.74) is 10.2. The number of amides is 2. The second-order valence-corrected chi connectivity index (χ2v) is 9.42. The van der Waals surface area contributed by atoms with Gasteiger partial charge in [-0.25, -0.2) is 4.98 Å². The molecule has 3 aromatic rings. The highest BCUT2D eigenvalue weighted by Gasteiger charge is 2.28. The first-order valence-corrected chi connectivity index (χ1v) is 12.1. The number of aromatic nitrogens is 1. The zero-order chi connectivity index (χ0) is 24.9. The molecule has 1 aliphatic rings. The van der Waals surface area contributed by atoms with Gasteiger partial charge < -0.3 is 21.7 Å². The van der Waals surface area contributed by atoms with Gasteiger partial charge in [-0.05, 0) is 60.7 Å². The second-order valence-electron chi connectivity index (χ2n) is 8.60. The number of carbonyl (C=O) groups excluding carboxylic acids is 2. The van der Waals surface area contributed by atoms with Crippen molar-refractivity contribution in [2.75, 3.05) is 11.1 Å². The van der Waals surface area contributed by atoms with Gasteiger partial charge in [0.25, 0.3) is 0 Å². The Morgan fingerprint density at radius 1 is 1.14 bits per heavy atom. The first kappa shape index (κ1) is 24.8. The molecule has 4 rings (SSSR count). The number of pyridine rings is 1. The number of hydrogen-bond donors (Lipinski definition) is 4. The normalized spacial score (nSPS) is 15.5. The summed E-state index contributed by atoms with van der Waals surface area (Å²) in [5, 5.41) is 9.96. The van der Waals surface area contributed by atoms with E-state index in [0.29, 0.717) is 22.3 Å². The minimum atomic E-state index is -0.805. The van der Waals surface area contributed by atoms with Crippen molar-refractivity contribution in [3.05, 3.63) is 87.0 Å². The second kappa shape index (κ2) is 11.0. The van der Waals surface area contributed by atoms with Crippen molar-refractivity contribution in [2.45, 2.75) is 44.8 Å². The number of carbonyl (C=O) groups is 2. The number of nitrogens with one attached hydrogen (secondary N) is 3. The number of hydrogen-bond acceptors (Lipinski definition) is 5. The van der Waals surface area contributed by atoms with Crippen molar-refractivity contribution in [2.24, 2.45) is 0 Å². The minimum Gasteiger partial charge on any atom is -0.384 e. The minimum absolute atomic E-state index is 0.231. The van der Waals surface area contributed by atoms with E-state index in [-0.39, 0.29) is 24.8 Å². The van der Waals surface area contributed by atoms with E-state index < -0.39 is 12.1 Å². The van der Waals surface area contributed by atoms with Crippen LogP contribution in [-0.4, -0.2) is 28.9 Å². The molecule has 2 amide bonds. The number of rotatable bonds is 7. The van der Waals surface area contributed by atoms with Crippen molar-refractivity contribution in [3.8, 4) is 0 Å². The average molecular weight is 512 g/mol. The largest absolute Gasteiger partial charge is 0.384 e. The van der Waals surface area contributed by atoms with Crippen LogP contribution in [0.3, 0.4) is 0 Å². The molecular weight excluding hydrogens is 485 g/mol. The summed E-state index contributed by atoms with van der Waals surface area (Å²) >= 11 is 12.2. The topological polar surface area (TPSA) is 109 Å². The quantitative estimate of drug-likeness (QED) is 0.382. The van der Waals surface area contributed by atoms with Gasteiger partial charge in [-0.1, -0.05) is 53.5 Å². The Labute approximate surface area is 214 Å². The molecule has 2 heterocycles. The molecule has 2 atom stereocenters. The molecule has 0 saturated heterocycles. The van der Waals surface area contributed by atoms with Gasteiger partial charge in [0, 0.05) is 24.3 Å². The van der Waals surface area contributed by atoms with Crippen LogP contribution in [0.5, 0.6) is 0 Å². The molecule has 7 nitrogen and oxygen atoms in total. The fraction of sp³-hybridized carbons (Fsp3) is 0.269. The lowest BCUT2D eigenvalue weighted by atomic mass is 9.97. The first-order chi connectivity index (χ1) is 16.8. The number of nitrogens with zero attached hydrogens (tertiary/aromatic N) is 1. The van der Waals surface area contributed by atoms with Gasteiger partial charge in [0.15, 0.2) is 0 Å². The van der Waals surface area contributed by atoms with Crippen LogP contribution in [0.15, 0.2) is 54.6 Å². The van der Waals surface area contributed by atoms with Crippen molar-refractivity contribution in [1.29, 1.82) is 0 Å². The lowest BCUT2D eigenvalue weighted by Gasteiger charge is -2.28. The molecule has 0 saturated carbocycles. The van der Waals surface area contributed by atoms with E-state index in [9.17, 15) is 9.59 Å². The van der Waals surface area contributed by atoms with Crippen LogP contribution in [0.4, 0.5) is 11.5 Å². The summed E-state index contributed by atoms with van der Waals surface area (Å²) in [5.74, 6) is -0.120. The third kappa shape index (κ3) is 6.24. The molecule has 0 bridgehead atoms. The van der Waals surface area contributed by atoms with Crippen LogP contribution in [0.2, 0.25) is 10.0 Å². The molecule has 0 spiro atoms. The van der Waals surface area contributed by atoms with E-state index in [1.54, 1.807) is 24.3 Å². The van der Waals surface area contributed by atoms with E-state index in [1.807, 2.05) is 37.3 Å². The molecule has 0 fully saturated rings. The summed E-state index contributed by atoms with van der Waals surface area (Å²) in [6, 6.07) is 15.4. The molecule has 5 N–H and O–H groups in total. The Balaban J connectivity index is 1.48. The number of fused-ring (bicyclic) bond motifs is 1.